The maximum atomic E-state index is 10.6. The van der Waals surface area contributed by atoms with E-state index in [2.05, 4.69) is 5.32 Å². The molecular weight excluding hydrogens is 253 g/mol. The summed E-state index contributed by atoms with van der Waals surface area (Å²) < 4.78 is 31.7. The third-order valence-corrected chi connectivity index (χ3v) is 2.80. The minimum Gasteiger partial charge on any atom is -0.475 e. The van der Waals surface area contributed by atoms with Gasteiger partial charge in [-0.1, -0.05) is 0 Å². The van der Waals surface area contributed by atoms with Gasteiger partial charge in [0.1, 0.15) is 0 Å². The first-order valence-corrected chi connectivity index (χ1v) is 5.65. The molecule has 5 N–H and O–H groups in total. The van der Waals surface area contributed by atoms with Gasteiger partial charge >= 0.3 is 12.1 Å². The Labute approximate surface area is 103 Å². The van der Waals surface area contributed by atoms with Crippen molar-refractivity contribution in [1.82, 2.24) is 5.32 Å². The number of alkyl halides is 3. The van der Waals surface area contributed by atoms with E-state index in [1.54, 1.807) is 0 Å². The monoisotopic (exact) mass is 272 g/mol. The lowest BCUT2D eigenvalue weighted by molar-refractivity contribution is -0.192. The molecule has 0 aromatic rings. The number of nitrogens with one attached hydrogen (secondary N) is 1. The van der Waals surface area contributed by atoms with Gasteiger partial charge in [0.2, 0.25) is 0 Å². The minimum absolute atomic E-state index is 0.109. The van der Waals surface area contributed by atoms with Crippen molar-refractivity contribution in [3.8, 4) is 0 Å². The Balaban J connectivity index is 0.000000360. The topological polar surface area (TPSA) is 95.6 Å². The minimum atomic E-state index is -5.08. The molecule has 0 aromatic heterocycles. The van der Waals surface area contributed by atoms with Crippen LogP contribution in [0.4, 0.5) is 13.2 Å². The standard InChI is InChI=1S/C8H18N2O.C2HF3O2/c9-5-7-1-3-8(4-2-7)10-6-11;3-2(4,5)1(6)7/h7-8,10-11H,1-6,9H2;(H,6,7). The highest BCUT2D eigenvalue weighted by Gasteiger charge is 2.38. The van der Waals surface area contributed by atoms with Gasteiger partial charge in [-0.05, 0) is 38.1 Å². The van der Waals surface area contributed by atoms with Crippen molar-refractivity contribution >= 4 is 5.97 Å². The van der Waals surface area contributed by atoms with Crippen LogP contribution in [0.3, 0.4) is 0 Å². The van der Waals surface area contributed by atoms with E-state index in [9.17, 15) is 13.2 Å². The van der Waals surface area contributed by atoms with Crippen LogP contribution in [0, 0.1) is 5.92 Å². The van der Waals surface area contributed by atoms with Crippen molar-refractivity contribution < 1.29 is 28.2 Å². The lowest BCUT2D eigenvalue weighted by Gasteiger charge is -2.27. The number of aliphatic carboxylic acids is 1. The smallest absolute Gasteiger partial charge is 0.475 e. The highest BCUT2D eigenvalue weighted by molar-refractivity contribution is 5.73. The molecule has 5 nitrogen and oxygen atoms in total. The summed E-state index contributed by atoms with van der Waals surface area (Å²) in [5.74, 6) is -2.03. The molecule has 1 fully saturated rings. The SMILES string of the molecule is NCC1CCC(NCO)CC1.O=C(O)C(F)(F)F. The molecular formula is C10H19F3N2O3. The summed E-state index contributed by atoms with van der Waals surface area (Å²) in [6, 6.07) is 0.530. The Bertz CT molecular complexity index is 241. The van der Waals surface area contributed by atoms with Gasteiger partial charge in [0.05, 0.1) is 6.73 Å². The van der Waals surface area contributed by atoms with E-state index in [1.807, 2.05) is 0 Å². The summed E-state index contributed by atoms with van der Waals surface area (Å²) in [7, 11) is 0. The number of halogens is 3. The van der Waals surface area contributed by atoms with Gasteiger partial charge in [-0.3, -0.25) is 5.32 Å². The number of hydrogen-bond acceptors (Lipinski definition) is 4. The van der Waals surface area contributed by atoms with Gasteiger partial charge in [-0.2, -0.15) is 13.2 Å². The fourth-order valence-corrected chi connectivity index (χ4v) is 1.73. The van der Waals surface area contributed by atoms with E-state index in [1.165, 1.54) is 25.7 Å². The molecule has 0 aromatic carbocycles. The zero-order valence-electron chi connectivity index (χ0n) is 9.91. The van der Waals surface area contributed by atoms with Gasteiger partial charge in [-0.15, -0.1) is 0 Å². The average Bonchev–Trinajstić information content (AvgIpc) is 2.30. The van der Waals surface area contributed by atoms with Crippen molar-refractivity contribution in [1.29, 1.82) is 0 Å². The predicted octanol–water partition coefficient (Wildman–Crippen LogP) is 0.677. The first-order chi connectivity index (χ1) is 8.31. The van der Waals surface area contributed by atoms with E-state index in [0.29, 0.717) is 6.04 Å². The number of carbonyl (C=O) groups is 1. The van der Waals surface area contributed by atoms with Crippen molar-refractivity contribution in [2.45, 2.75) is 37.9 Å². The summed E-state index contributed by atoms with van der Waals surface area (Å²) in [6.07, 6.45) is -0.312. The van der Waals surface area contributed by atoms with Crippen LogP contribution >= 0.6 is 0 Å². The molecule has 0 unspecified atom stereocenters. The molecule has 0 radical (unpaired) electrons. The number of nitrogens with two attached hydrogens (primary N) is 1. The number of carboxylic acids is 1. The van der Waals surface area contributed by atoms with Gasteiger partial charge in [0.15, 0.2) is 0 Å². The fraction of sp³-hybridized carbons (Fsp3) is 0.900. The second kappa shape index (κ2) is 8.28. The molecule has 0 atom stereocenters. The van der Waals surface area contributed by atoms with E-state index in [0.717, 1.165) is 12.5 Å². The van der Waals surface area contributed by atoms with Crippen molar-refractivity contribution in [3.05, 3.63) is 0 Å². The highest BCUT2D eigenvalue weighted by atomic mass is 19.4. The molecule has 1 saturated carbocycles. The molecule has 1 aliphatic carbocycles. The molecule has 0 heterocycles. The first-order valence-electron chi connectivity index (χ1n) is 5.65. The van der Waals surface area contributed by atoms with Crippen molar-refractivity contribution in [2.75, 3.05) is 13.3 Å². The number of aliphatic hydroxyl groups excluding tert-OH is 1. The summed E-state index contributed by atoms with van der Waals surface area (Å²) in [5.41, 5.74) is 5.55. The third kappa shape index (κ3) is 7.46. The Hall–Kier alpha value is -0.860. The van der Waals surface area contributed by atoms with E-state index in [4.69, 9.17) is 20.7 Å². The molecule has 108 valence electrons. The zero-order valence-corrected chi connectivity index (χ0v) is 9.91. The second-order valence-corrected chi connectivity index (χ2v) is 4.12. The molecule has 1 rings (SSSR count). The molecule has 0 saturated heterocycles. The van der Waals surface area contributed by atoms with Gasteiger partial charge in [0.25, 0.3) is 0 Å². The molecule has 8 heteroatoms. The lowest BCUT2D eigenvalue weighted by atomic mass is 9.86. The van der Waals surface area contributed by atoms with Crippen LogP contribution < -0.4 is 11.1 Å². The maximum Gasteiger partial charge on any atom is 0.490 e. The third-order valence-electron chi connectivity index (χ3n) is 2.80. The van der Waals surface area contributed by atoms with Crippen LogP contribution in [-0.4, -0.2) is 41.7 Å². The molecule has 18 heavy (non-hydrogen) atoms. The van der Waals surface area contributed by atoms with E-state index in [-0.39, 0.29) is 6.73 Å². The second-order valence-electron chi connectivity index (χ2n) is 4.12. The number of hydrogen-bond donors (Lipinski definition) is 4. The molecule has 1 aliphatic rings. The largest absolute Gasteiger partial charge is 0.490 e. The summed E-state index contributed by atoms with van der Waals surface area (Å²) in [6.45, 7) is 0.934. The molecule has 0 bridgehead atoms. The normalized spacial score (nSPS) is 24.1. The summed E-state index contributed by atoms with van der Waals surface area (Å²) >= 11 is 0. The summed E-state index contributed by atoms with van der Waals surface area (Å²) in [4.78, 5) is 8.90. The van der Waals surface area contributed by atoms with Crippen LogP contribution in [0.15, 0.2) is 0 Å². The number of carboxylic acid groups (broad SMARTS) is 1. The Morgan fingerprint density at radius 3 is 2.00 bits per heavy atom. The molecule has 0 amide bonds. The predicted molar refractivity (Wildman–Crippen MR) is 58.7 cm³/mol. The van der Waals surface area contributed by atoms with E-state index < -0.39 is 12.1 Å². The van der Waals surface area contributed by atoms with Crippen LogP contribution in [0.25, 0.3) is 0 Å². The molecule has 0 spiro atoms. The highest BCUT2D eigenvalue weighted by Crippen LogP contribution is 2.22. The van der Waals surface area contributed by atoms with Crippen LogP contribution in [0.5, 0.6) is 0 Å². The number of rotatable bonds is 3. The Morgan fingerprint density at radius 2 is 1.72 bits per heavy atom. The Morgan fingerprint density at radius 1 is 1.28 bits per heavy atom. The fourth-order valence-electron chi connectivity index (χ4n) is 1.73. The van der Waals surface area contributed by atoms with Crippen LogP contribution in [0.1, 0.15) is 25.7 Å². The number of aliphatic hydroxyl groups is 1. The van der Waals surface area contributed by atoms with Gasteiger partial charge < -0.3 is 15.9 Å². The van der Waals surface area contributed by atoms with Crippen LogP contribution in [-0.2, 0) is 4.79 Å². The van der Waals surface area contributed by atoms with Crippen LogP contribution in [0.2, 0.25) is 0 Å². The average molecular weight is 272 g/mol. The summed E-state index contributed by atoms with van der Waals surface area (Å²) in [5, 5.41) is 18.8. The zero-order chi connectivity index (χ0) is 14.2. The van der Waals surface area contributed by atoms with E-state index >= 15 is 0 Å². The van der Waals surface area contributed by atoms with Gasteiger partial charge in [0, 0.05) is 6.04 Å². The van der Waals surface area contributed by atoms with Crippen molar-refractivity contribution in [2.24, 2.45) is 11.7 Å². The first kappa shape index (κ1) is 17.1. The van der Waals surface area contributed by atoms with Gasteiger partial charge in [-0.25, -0.2) is 4.79 Å². The lowest BCUT2D eigenvalue weighted by Crippen LogP contribution is -2.35. The Kier molecular flexibility index (Phi) is 7.88. The molecule has 0 aliphatic heterocycles. The maximum absolute atomic E-state index is 10.6. The van der Waals surface area contributed by atoms with Crippen molar-refractivity contribution in [3.63, 3.8) is 0 Å². The quantitative estimate of drug-likeness (QED) is 0.567.